The fourth-order valence-corrected chi connectivity index (χ4v) is 1.90. The quantitative estimate of drug-likeness (QED) is 0.489. The van der Waals surface area contributed by atoms with Crippen molar-refractivity contribution >= 4 is 11.7 Å². The van der Waals surface area contributed by atoms with Crippen molar-refractivity contribution in [2.45, 2.75) is 13.5 Å². The van der Waals surface area contributed by atoms with Crippen LogP contribution in [0.2, 0.25) is 0 Å². The number of carbonyl (C=O) groups excluding carboxylic acids is 1. The van der Waals surface area contributed by atoms with Gasteiger partial charge in [-0.3, -0.25) is 14.8 Å². The second kappa shape index (κ2) is 5.70. The van der Waals surface area contributed by atoms with Crippen LogP contribution in [0.4, 0.5) is 10.1 Å². The normalized spacial score (nSPS) is 10.4. The van der Waals surface area contributed by atoms with Gasteiger partial charge in [0, 0.05) is 5.56 Å². The van der Waals surface area contributed by atoms with Gasteiger partial charge in [-0.25, -0.2) is 9.18 Å². The van der Waals surface area contributed by atoms with Gasteiger partial charge in [0.1, 0.15) is 12.0 Å². The maximum atomic E-state index is 13.8. The first-order valence-electron chi connectivity index (χ1n) is 5.98. The molecular formula is C13H12FN3O4. The molecule has 0 bridgehead atoms. The SMILES string of the molecule is COC(=O)c1nn(Cc2c(C)cccc2F)cc1[N+](=O)[O-]. The van der Waals surface area contributed by atoms with Crippen molar-refractivity contribution in [3.8, 4) is 0 Å². The van der Waals surface area contributed by atoms with Crippen molar-refractivity contribution in [2.75, 3.05) is 7.11 Å². The molecule has 0 fully saturated rings. The molecule has 7 nitrogen and oxygen atoms in total. The largest absolute Gasteiger partial charge is 0.464 e. The van der Waals surface area contributed by atoms with Crippen LogP contribution in [0.3, 0.4) is 0 Å². The molecule has 21 heavy (non-hydrogen) atoms. The Bertz CT molecular complexity index is 691. The van der Waals surface area contributed by atoms with E-state index >= 15 is 0 Å². The number of halogens is 1. The molecule has 1 heterocycles. The van der Waals surface area contributed by atoms with Gasteiger partial charge in [-0.15, -0.1) is 0 Å². The molecular weight excluding hydrogens is 281 g/mol. The van der Waals surface area contributed by atoms with E-state index in [0.717, 1.165) is 18.0 Å². The summed E-state index contributed by atoms with van der Waals surface area (Å²) in [6.45, 7) is 1.70. The highest BCUT2D eigenvalue weighted by Gasteiger charge is 2.26. The van der Waals surface area contributed by atoms with Crippen molar-refractivity contribution in [2.24, 2.45) is 0 Å². The summed E-state index contributed by atoms with van der Waals surface area (Å²) in [7, 11) is 1.10. The van der Waals surface area contributed by atoms with E-state index in [-0.39, 0.29) is 6.54 Å². The van der Waals surface area contributed by atoms with Gasteiger partial charge in [0.25, 0.3) is 0 Å². The monoisotopic (exact) mass is 293 g/mol. The summed E-state index contributed by atoms with van der Waals surface area (Å²) >= 11 is 0. The van der Waals surface area contributed by atoms with E-state index in [1.807, 2.05) is 0 Å². The van der Waals surface area contributed by atoms with Crippen LogP contribution in [0.15, 0.2) is 24.4 Å². The summed E-state index contributed by atoms with van der Waals surface area (Å²) in [5.41, 5.74) is 0.159. The van der Waals surface area contributed by atoms with Crippen LogP contribution in [0, 0.1) is 22.9 Å². The maximum absolute atomic E-state index is 13.8. The maximum Gasteiger partial charge on any atom is 0.365 e. The number of benzene rings is 1. The van der Waals surface area contributed by atoms with Crippen molar-refractivity contribution < 1.29 is 18.8 Å². The Hall–Kier alpha value is -2.77. The summed E-state index contributed by atoms with van der Waals surface area (Å²) in [4.78, 5) is 21.6. The minimum atomic E-state index is -0.911. The lowest BCUT2D eigenvalue weighted by molar-refractivity contribution is -0.385. The fraction of sp³-hybridized carbons (Fsp3) is 0.231. The Morgan fingerprint density at radius 3 is 2.81 bits per heavy atom. The number of rotatable bonds is 4. The lowest BCUT2D eigenvalue weighted by Crippen LogP contribution is -2.08. The molecule has 1 aromatic carbocycles. The number of nitrogens with zero attached hydrogens (tertiary/aromatic N) is 3. The van der Waals surface area contributed by atoms with E-state index in [1.54, 1.807) is 19.1 Å². The molecule has 0 spiro atoms. The van der Waals surface area contributed by atoms with E-state index in [2.05, 4.69) is 9.84 Å². The number of aromatic nitrogens is 2. The predicted molar refractivity (Wildman–Crippen MR) is 70.5 cm³/mol. The molecule has 2 aromatic rings. The molecule has 0 aliphatic heterocycles. The average Bonchev–Trinajstić information content (AvgIpc) is 2.86. The Kier molecular flexibility index (Phi) is 3.97. The standard InChI is InChI=1S/C13H12FN3O4/c1-8-4-3-5-10(14)9(8)6-16-7-11(17(19)20)12(15-16)13(18)21-2/h3-5,7H,6H2,1-2H3. The second-order valence-corrected chi connectivity index (χ2v) is 4.34. The highest BCUT2D eigenvalue weighted by Crippen LogP contribution is 2.20. The highest BCUT2D eigenvalue weighted by atomic mass is 19.1. The van der Waals surface area contributed by atoms with Crippen LogP contribution in [0.1, 0.15) is 21.6 Å². The van der Waals surface area contributed by atoms with Gasteiger partial charge in [-0.1, -0.05) is 12.1 Å². The first-order valence-corrected chi connectivity index (χ1v) is 5.98. The third kappa shape index (κ3) is 2.88. The lowest BCUT2D eigenvalue weighted by Gasteiger charge is -2.06. The van der Waals surface area contributed by atoms with Gasteiger partial charge >= 0.3 is 11.7 Å². The predicted octanol–water partition coefficient (Wildman–Crippen LogP) is 2.07. The van der Waals surface area contributed by atoms with Crippen LogP contribution in [-0.4, -0.2) is 27.8 Å². The summed E-state index contributed by atoms with van der Waals surface area (Å²) in [5, 5.41) is 14.7. The molecule has 0 aliphatic carbocycles. The molecule has 2 rings (SSSR count). The Morgan fingerprint density at radius 1 is 1.52 bits per heavy atom. The molecule has 0 unspecified atom stereocenters. The fourth-order valence-electron chi connectivity index (χ4n) is 1.90. The van der Waals surface area contributed by atoms with Gasteiger partial charge in [0.2, 0.25) is 5.69 Å². The molecule has 0 atom stereocenters. The Balaban J connectivity index is 2.42. The zero-order valence-corrected chi connectivity index (χ0v) is 11.4. The minimum Gasteiger partial charge on any atom is -0.464 e. The van der Waals surface area contributed by atoms with Gasteiger partial charge in [0.05, 0.1) is 18.6 Å². The topological polar surface area (TPSA) is 87.3 Å². The number of ether oxygens (including phenoxy) is 1. The van der Waals surface area contributed by atoms with Crippen molar-refractivity contribution in [1.82, 2.24) is 9.78 Å². The number of nitro groups is 1. The van der Waals surface area contributed by atoms with Crippen LogP contribution >= 0.6 is 0 Å². The minimum absolute atomic E-state index is 0.0175. The zero-order chi connectivity index (χ0) is 15.6. The first-order chi connectivity index (χ1) is 9.93. The summed E-state index contributed by atoms with van der Waals surface area (Å²) in [6, 6.07) is 4.58. The molecule has 0 N–H and O–H groups in total. The summed E-state index contributed by atoms with van der Waals surface area (Å²) < 4.78 is 19.4. The summed E-state index contributed by atoms with van der Waals surface area (Å²) in [5.74, 6) is -1.35. The van der Waals surface area contributed by atoms with Crippen LogP contribution < -0.4 is 0 Å². The summed E-state index contributed by atoms with van der Waals surface area (Å²) in [6.07, 6.45) is 1.08. The molecule has 0 amide bonds. The first kappa shape index (κ1) is 14.6. The molecule has 0 aliphatic rings. The molecule has 0 radical (unpaired) electrons. The van der Waals surface area contributed by atoms with Crippen LogP contribution in [-0.2, 0) is 11.3 Å². The Labute approximate surface area is 119 Å². The second-order valence-electron chi connectivity index (χ2n) is 4.34. The number of hydrogen-bond donors (Lipinski definition) is 0. The van der Waals surface area contributed by atoms with E-state index in [1.165, 1.54) is 6.07 Å². The van der Waals surface area contributed by atoms with Crippen molar-refractivity contribution in [3.63, 3.8) is 0 Å². The van der Waals surface area contributed by atoms with Gasteiger partial charge in [0.15, 0.2) is 0 Å². The number of methoxy groups -OCH3 is 1. The zero-order valence-electron chi connectivity index (χ0n) is 11.4. The van der Waals surface area contributed by atoms with E-state index < -0.39 is 28.1 Å². The van der Waals surface area contributed by atoms with Gasteiger partial charge < -0.3 is 4.74 Å². The number of hydrogen-bond acceptors (Lipinski definition) is 5. The van der Waals surface area contributed by atoms with E-state index in [9.17, 15) is 19.3 Å². The third-order valence-corrected chi connectivity index (χ3v) is 2.99. The Morgan fingerprint density at radius 2 is 2.24 bits per heavy atom. The average molecular weight is 293 g/mol. The van der Waals surface area contributed by atoms with Gasteiger partial charge in [-0.05, 0) is 18.6 Å². The lowest BCUT2D eigenvalue weighted by atomic mass is 10.1. The number of carbonyl (C=O) groups is 1. The van der Waals surface area contributed by atoms with Crippen LogP contribution in [0.25, 0.3) is 0 Å². The molecule has 110 valence electrons. The third-order valence-electron chi connectivity index (χ3n) is 2.99. The van der Waals surface area contributed by atoms with Gasteiger partial charge in [-0.2, -0.15) is 5.10 Å². The smallest absolute Gasteiger partial charge is 0.365 e. The van der Waals surface area contributed by atoms with Crippen molar-refractivity contribution in [3.05, 3.63) is 57.1 Å². The van der Waals surface area contributed by atoms with Crippen LogP contribution in [0.5, 0.6) is 0 Å². The molecule has 0 saturated carbocycles. The number of esters is 1. The van der Waals surface area contributed by atoms with E-state index in [0.29, 0.717) is 11.1 Å². The molecule has 8 heteroatoms. The highest BCUT2D eigenvalue weighted by molar-refractivity contribution is 5.91. The molecule has 0 saturated heterocycles. The number of aryl methyl sites for hydroxylation is 1. The van der Waals surface area contributed by atoms with E-state index in [4.69, 9.17) is 0 Å². The molecule has 1 aromatic heterocycles. The van der Waals surface area contributed by atoms with Crippen molar-refractivity contribution in [1.29, 1.82) is 0 Å².